The van der Waals surface area contributed by atoms with Crippen LogP contribution in [0.4, 0.5) is 0 Å². The van der Waals surface area contributed by atoms with E-state index in [0.717, 1.165) is 27.7 Å². The molecule has 10 unspecified atom stereocenters. The van der Waals surface area contributed by atoms with Crippen LogP contribution in [-0.4, -0.2) is 226 Å². The van der Waals surface area contributed by atoms with E-state index in [1.54, 1.807) is 0 Å². The lowest BCUT2D eigenvalue weighted by Crippen LogP contribution is -2.71. The summed E-state index contributed by atoms with van der Waals surface area (Å²) in [5, 5.41) is 106. The van der Waals surface area contributed by atoms with E-state index in [9.17, 15) is 65.1 Å². The topological polar surface area (TPSA) is 372 Å². The van der Waals surface area contributed by atoms with Gasteiger partial charge in [-0.15, -0.1) is 0 Å². The van der Waals surface area contributed by atoms with Gasteiger partial charge in [-0.25, -0.2) is 0 Å². The number of carbonyl (C=O) groups is 4. The van der Waals surface area contributed by atoms with Crippen LogP contribution in [0.1, 0.15) is 27.7 Å². The van der Waals surface area contributed by atoms with Crippen molar-refractivity contribution in [3.63, 3.8) is 0 Å². The van der Waals surface area contributed by atoms with Gasteiger partial charge in [-0.1, -0.05) is 0 Å². The Morgan fingerprint density at radius 3 is 1.00 bits per heavy atom. The molecule has 4 saturated heterocycles. The number of rotatable bonds is 15. The lowest BCUT2D eigenvalue weighted by atomic mass is 9.93. The largest absolute Gasteiger partial charge is 0.394 e. The van der Waals surface area contributed by atoms with Crippen LogP contribution in [0.3, 0.4) is 0 Å². The second-order valence-corrected chi connectivity index (χ2v) is 14.3. The summed E-state index contributed by atoms with van der Waals surface area (Å²) in [5.74, 6) is -2.75. The molecule has 0 bridgehead atoms. The van der Waals surface area contributed by atoms with Crippen molar-refractivity contribution < 1.29 is 103 Å². The minimum absolute atomic E-state index is 0.622. The number of carbonyl (C=O) groups excluding carboxylic acids is 4. The Hall–Kier alpha value is -2.80. The van der Waals surface area contributed by atoms with Crippen LogP contribution in [0, 0.1) is 0 Å². The Morgan fingerprint density at radius 1 is 0.448 bits per heavy atom. The van der Waals surface area contributed by atoms with Gasteiger partial charge in [-0.05, 0) is 0 Å². The molecule has 0 aliphatic carbocycles. The monoisotopic (exact) mass is 844 g/mol. The summed E-state index contributed by atoms with van der Waals surface area (Å²) < 4.78 is 46.3. The van der Waals surface area contributed by atoms with Gasteiger partial charge in [0.15, 0.2) is 25.2 Å². The van der Waals surface area contributed by atoms with Crippen molar-refractivity contribution >= 4 is 23.6 Å². The smallest absolute Gasteiger partial charge is 0.217 e. The zero-order valence-corrected chi connectivity index (χ0v) is 32.3. The van der Waals surface area contributed by atoms with E-state index in [2.05, 4.69) is 21.3 Å². The Balaban J connectivity index is 1.61. The number of hydrogen-bond donors (Lipinski definition) is 13. The molecule has 25 heteroatoms. The van der Waals surface area contributed by atoms with Gasteiger partial charge in [0, 0.05) is 34.8 Å². The second-order valence-electron chi connectivity index (χ2n) is 14.3. The maximum absolute atomic E-state index is 12.4. The SMILES string of the molecule is CO[C@@H]1C(CO)O[C@@H](O[C@@H]2C(CO)O[C@@H](O[C@@H]3C(CO)O[C@@H](O[C@@H]4C(CO)O[C@@H](O)C(NC(C)=O)C4O)C(NC(C)=O)[C@H]3O)C(NC(C)=O)C2O)C(NC(C)=O)[C@H]1O. The van der Waals surface area contributed by atoms with Gasteiger partial charge < -0.3 is 105 Å². The molecule has 4 fully saturated rings. The van der Waals surface area contributed by atoms with Gasteiger partial charge in [0.1, 0.15) is 97.4 Å². The van der Waals surface area contributed by atoms with Crippen molar-refractivity contribution in [1.82, 2.24) is 21.3 Å². The van der Waals surface area contributed by atoms with Crippen LogP contribution in [0.5, 0.6) is 0 Å². The van der Waals surface area contributed by atoms with Gasteiger partial charge in [0.2, 0.25) is 23.6 Å². The molecular formula is C33H56N4O21. The fourth-order valence-corrected chi connectivity index (χ4v) is 7.45. The minimum atomic E-state index is -1.88. The zero-order chi connectivity index (χ0) is 43.2. The molecule has 13 N–H and O–H groups in total. The highest BCUT2D eigenvalue weighted by Crippen LogP contribution is 2.34. The van der Waals surface area contributed by atoms with Crippen LogP contribution in [0.15, 0.2) is 0 Å². The third-order valence-corrected chi connectivity index (χ3v) is 10.1. The molecule has 0 aromatic heterocycles. The fraction of sp³-hybridized carbons (Fsp3) is 0.879. The third-order valence-electron chi connectivity index (χ3n) is 10.1. The minimum Gasteiger partial charge on any atom is -0.394 e. The maximum Gasteiger partial charge on any atom is 0.217 e. The molecule has 4 amide bonds. The van der Waals surface area contributed by atoms with E-state index in [4.69, 9.17) is 37.9 Å². The molecule has 4 aliphatic rings. The first kappa shape index (κ1) is 47.9. The number of aliphatic hydroxyl groups excluding tert-OH is 9. The van der Waals surface area contributed by atoms with Crippen molar-refractivity contribution in [3.05, 3.63) is 0 Å². The second kappa shape index (κ2) is 21.1. The average molecular weight is 845 g/mol. The highest BCUT2D eigenvalue weighted by molar-refractivity contribution is 5.74. The standard InChI is InChI=1S/C33H56N4O21/c1-10(42)34-18-22(46)27(15(7-39)52-30(18)50)56-32-20(36-12(3)44)24(48)29(17(9-41)54-32)58-33-21(37-13(4)45)25(49)28(16(8-40)55-33)57-31-19(35-11(2)43)23(47)26(51-5)14(6-38)53-31/h14-33,38-41,46-50H,6-9H2,1-5H3,(H,34,42)(H,35,43)(H,36,44)(H,37,45)/t14?,15?,16?,17?,18?,19?,20?,21?,22?,23-,24-,25?,26-,27-,28-,29-,30-,31+,32+,33+/m1/s1. The third kappa shape index (κ3) is 10.9. The normalized spacial score (nSPS) is 43.2. The lowest BCUT2D eigenvalue weighted by Gasteiger charge is -2.51. The fourth-order valence-electron chi connectivity index (χ4n) is 7.45. The lowest BCUT2D eigenvalue weighted by molar-refractivity contribution is -0.362. The van der Waals surface area contributed by atoms with Crippen molar-refractivity contribution in [3.8, 4) is 0 Å². The van der Waals surface area contributed by atoms with Crippen LogP contribution in [-0.2, 0) is 57.1 Å². The van der Waals surface area contributed by atoms with Crippen molar-refractivity contribution in [2.45, 2.75) is 150 Å². The molecule has 0 aromatic carbocycles. The summed E-state index contributed by atoms with van der Waals surface area (Å²) in [7, 11) is 1.24. The maximum atomic E-state index is 12.4. The predicted octanol–water partition coefficient (Wildman–Crippen LogP) is -8.52. The Kier molecular flexibility index (Phi) is 17.4. The number of hydrogen-bond acceptors (Lipinski definition) is 21. The Labute approximate surface area is 331 Å². The molecule has 58 heavy (non-hydrogen) atoms. The van der Waals surface area contributed by atoms with Gasteiger partial charge in [-0.2, -0.15) is 0 Å². The van der Waals surface area contributed by atoms with Gasteiger partial charge in [0.25, 0.3) is 0 Å². The summed E-state index contributed by atoms with van der Waals surface area (Å²) >= 11 is 0. The number of ether oxygens (including phenoxy) is 8. The Bertz CT molecular complexity index is 1390. The quantitative estimate of drug-likeness (QED) is 0.0728. The molecule has 4 aliphatic heterocycles. The highest BCUT2D eigenvalue weighted by Gasteiger charge is 2.56. The van der Waals surface area contributed by atoms with Gasteiger partial charge in [-0.3, -0.25) is 19.2 Å². The first-order valence-electron chi connectivity index (χ1n) is 18.4. The molecule has 0 aromatic rings. The van der Waals surface area contributed by atoms with Crippen molar-refractivity contribution in [2.75, 3.05) is 33.5 Å². The van der Waals surface area contributed by atoms with Crippen molar-refractivity contribution in [1.29, 1.82) is 0 Å². The van der Waals surface area contributed by atoms with E-state index in [-0.39, 0.29) is 0 Å². The predicted molar refractivity (Wildman–Crippen MR) is 185 cm³/mol. The molecule has 0 radical (unpaired) electrons. The first-order valence-corrected chi connectivity index (χ1v) is 18.4. The summed E-state index contributed by atoms with van der Waals surface area (Å²) in [6, 6.07) is -5.98. The van der Waals surface area contributed by atoms with E-state index >= 15 is 0 Å². The highest BCUT2D eigenvalue weighted by atomic mass is 16.8. The molecule has 20 atom stereocenters. The molecule has 0 spiro atoms. The average Bonchev–Trinajstić information content (AvgIpc) is 3.16. The number of amides is 4. The number of nitrogens with one attached hydrogen (secondary N) is 4. The van der Waals surface area contributed by atoms with Crippen LogP contribution in [0.25, 0.3) is 0 Å². The molecule has 334 valence electrons. The molecule has 4 heterocycles. The summed E-state index contributed by atoms with van der Waals surface area (Å²) in [6.07, 6.45) is -25.6. The molecule has 4 rings (SSSR count). The summed E-state index contributed by atoms with van der Waals surface area (Å²) in [4.78, 5) is 48.7. The van der Waals surface area contributed by atoms with Gasteiger partial charge in [0.05, 0.1) is 26.4 Å². The van der Waals surface area contributed by atoms with Crippen LogP contribution in [0.2, 0.25) is 0 Å². The number of aliphatic hydroxyl groups is 9. The van der Waals surface area contributed by atoms with E-state index in [0.29, 0.717) is 0 Å². The summed E-state index contributed by atoms with van der Waals surface area (Å²) in [6.45, 7) is 1.14. The van der Waals surface area contributed by atoms with Crippen LogP contribution < -0.4 is 21.3 Å². The first-order chi connectivity index (χ1) is 27.4. The number of methoxy groups -OCH3 is 1. The molecular weight excluding hydrogens is 788 g/mol. The summed E-state index contributed by atoms with van der Waals surface area (Å²) in [5.41, 5.74) is 0. The molecule has 25 nitrogen and oxygen atoms in total. The van der Waals surface area contributed by atoms with E-state index < -0.39 is 173 Å². The Morgan fingerprint density at radius 2 is 0.707 bits per heavy atom. The van der Waals surface area contributed by atoms with E-state index in [1.807, 2.05) is 0 Å². The van der Waals surface area contributed by atoms with Crippen molar-refractivity contribution in [2.24, 2.45) is 0 Å². The molecule has 0 saturated carbocycles. The van der Waals surface area contributed by atoms with E-state index in [1.165, 1.54) is 7.11 Å². The van der Waals surface area contributed by atoms with Gasteiger partial charge >= 0.3 is 0 Å². The van der Waals surface area contributed by atoms with Crippen LogP contribution >= 0.6 is 0 Å². The zero-order valence-electron chi connectivity index (χ0n) is 32.3.